The number of hydrogen-bond acceptors (Lipinski definition) is 4. The number of benzene rings is 1. The number of Topliss-reactive ketones (excluding diaryl/α,β-unsaturated/α-hetero) is 1. The molecule has 1 aliphatic heterocycles. The number of nitrogens with two attached hydrogens (primary N) is 1. The average molecular weight is 221 g/mol. The minimum Gasteiger partial charge on any atom is -0.496 e. The van der Waals surface area contributed by atoms with Crippen molar-refractivity contribution in [2.24, 2.45) is 5.73 Å². The Morgan fingerprint density at radius 3 is 3.00 bits per heavy atom. The molecule has 1 heterocycles. The van der Waals surface area contributed by atoms with Crippen LogP contribution < -0.4 is 10.5 Å². The van der Waals surface area contributed by atoms with Gasteiger partial charge in [-0.25, -0.2) is 0 Å². The highest BCUT2D eigenvalue weighted by Gasteiger charge is 2.23. The third kappa shape index (κ3) is 1.81. The molecule has 86 valence electrons. The maximum Gasteiger partial charge on any atom is 0.168 e. The number of hydrogen-bond donors (Lipinski definition) is 1. The Labute approximate surface area is 94.3 Å². The van der Waals surface area contributed by atoms with E-state index in [1.807, 2.05) is 12.1 Å². The number of rotatable bonds is 4. The lowest BCUT2D eigenvalue weighted by molar-refractivity contribution is 0.0976. The standard InChI is InChI=1S/C12H15NO3/c1-15-11-3-2-8-6-16-7-9(8)12(11)10(14)4-5-13/h2-3H,4-7,13H2,1H3. The third-order valence-electron chi connectivity index (χ3n) is 2.75. The van der Waals surface area contributed by atoms with Crippen molar-refractivity contribution in [3.63, 3.8) is 0 Å². The molecule has 0 bridgehead atoms. The molecule has 2 N–H and O–H groups in total. The maximum atomic E-state index is 12.0. The molecule has 0 radical (unpaired) electrons. The molecule has 0 aliphatic carbocycles. The predicted octanol–water partition coefficient (Wildman–Crippen LogP) is 1.26. The quantitative estimate of drug-likeness (QED) is 0.777. The van der Waals surface area contributed by atoms with Crippen LogP contribution in [0.15, 0.2) is 12.1 Å². The largest absolute Gasteiger partial charge is 0.496 e. The third-order valence-corrected chi connectivity index (χ3v) is 2.75. The normalized spacial score (nSPS) is 13.6. The van der Waals surface area contributed by atoms with Crippen LogP contribution in [0.2, 0.25) is 0 Å². The van der Waals surface area contributed by atoms with Crippen LogP contribution in [0.4, 0.5) is 0 Å². The minimum atomic E-state index is 0.0294. The van der Waals surface area contributed by atoms with E-state index < -0.39 is 0 Å². The molecule has 16 heavy (non-hydrogen) atoms. The SMILES string of the molecule is COc1ccc2c(c1C(=O)CCN)COC2. The molecule has 0 fully saturated rings. The summed E-state index contributed by atoms with van der Waals surface area (Å²) in [5.74, 6) is 0.643. The second-order valence-corrected chi connectivity index (χ2v) is 3.74. The lowest BCUT2D eigenvalue weighted by Gasteiger charge is -2.11. The van der Waals surface area contributed by atoms with Crippen molar-refractivity contribution in [2.75, 3.05) is 13.7 Å². The Balaban J connectivity index is 2.47. The van der Waals surface area contributed by atoms with Crippen molar-refractivity contribution < 1.29 is 14.3 Å². The van der Waals surface area contributed by atoms with Crippen molar-refractivity contribution in [1.29, 1.82) is 0 Å². The summed E-state index contributed by atoms with van der Waals surface area (Å²) >= 11 is 0. The summed E-state index contributed by atoms with van der Waals surface area (Å²) < 4.78 is 10.6. The van der Waals surface area contributed by atoms with Crippen LogP contribution in [0.5, 0.6) is 5.75 Å². The van der Waals surface area contributed by atoms with E-state index in [0.717, 1.165) is 11.1 Å². The summed E-state index contributed by atoms with van der Waals surface area (Å²) in [5, 5.41) is 0. The first-order chi connectivity index (χ1) is 7.77. The van der Waals surface area contributed by atoms with Crippen LogP contribution in [-0.4, -0.2) is 19.4 Å². The monoisotopic (exact) mass is 221 g/mol. The zero-order chi connectivity index (χ0) is 11.5. The molecule has 2 rings (SSSR count). The van der Waals surface area contributed by atoms with Gasteiger partial charge in [-0.15, -0.1) is 0 Å². The summed E-state index contributed by atoms with van der Waals surface area (Å²) in [6.45, 7) is 1.41. The van der Waals surface area contributed by atoms with E-state index in [2.05, 4.69) is 0 Å². The van der Waals surface area contributed by atoms with Crippen LogP contribution in [0.1, 0.15) is 27.9 Å². The fourth-order valence-electron chi connectivity index (χ4n) is 1.96. The lowest BCUT2D eigenvalue weighted by atomic mass is 9.97. The van der Waals surface area contributed by atoms with Crippen LogP contribution in [0, 0.1) is 0 Å². The molecule has 0 amide bonds. The van der Waals surface area contributed by atoms with Gasteiger partial charge in [-0.2, -0.15) is 0 Å². The lowest BCUT2D eigenvalue weighted by Crippen LogP contribution is -2.11. The summed E-state index contributed by atoms with van der Waals surface area (Å²) in [6, 6.07) is 3.76. The number of ether oxygens (including phenoxy) is 2. The molecule has 1 aliphatic rings. The van der Waals surface area contributed by atoms with Gasteiger partial charge in [0.05, 0.1) is 25.9 Å². The molecule has 1 aromatic carbocycles. The van der Waals surface area contributed by atoms with Gasteiger partial charge >= 0.3 is 0 Å². The molecular weight excluding hydrogens is 206 g/mol. The Hall–Kier alpha value is -1.39. The number of methoxy groups -OCH3 is 1. The van der Waals surface area contributed by atoms with Gasteiger partial charge in [0.1, 0.15) is 5.75 Å². The van der Waals surface area contributed by atoms with Crippen LogP contribution in [0.25, 0.3) is 0 Å². The number of carbonyl (C=O) groups excluding carboxylic acids is 1. The smallest absolute Gasteiger partial charge is 0.168 e. The Bertz CT molecular complexity index is 415. The van der Waals surface area contributed by atoms with E-state index in [-0.39, 0.29) is 5.78 Å². The molecule has 4 nitrogen and oxygen atoms in total. The van der Waals surface area contributed by atoms with Gasteiger partial charge < -0.3 is 15.2 Å². The van der Waals surface area contributed by atoms with E-state index in [1.54, 1.807) is 7.11 Å². The average Bonchev–Trinajstić information content (AvgIpc) is 2.75. The van der Waals surface area contributed by atoms with Gasteiger partial charge in [0.25, 0.3) is 0 Å². The first-order valence-corrected chi connectivity index (χ1v) is 5.27. The highest BCUT2D eigenvalue weighted by Crippen LogP contribution is 2.31. The summed E-state index contributed by atoms with van der Waals surface area (Å²) in [5.41, 5.74) is 8.08. The molecule has 4 heteroatoms. The van der Waals surface area contributed by atoms with Crippen LogP contribution >= 0.6 is 0 Å². The Morgan fingerprint density at radius 2 is 2.31 bits per heavy atom. The first-order valence-electron chi connectivity index (χ1n) is 5.27. The van der Waals surface area contributed by atoms with Crippen LogP contribution in [-0.2, 0) is 18.0 Å². The molecule has 0 aromatic heterocycles. The summed E-state index contributed by atoms with van der Waals surface area (Å²) in [6.07, 6.45) is 0.340. The second-order valence-electron chi connectivity index (χ2n) is 3.74. The van der Waals surface area contributed by atoms with E-state index >= 15 is 0 Å². The fraction of sp³-hybridized carbons (Fsp3) is 0.417. The molecule has 0 saturated heterocycles. The van der Waals surface area contributed by atoms with Crippen molar-refractivity contribution in [2.45, 2.75) is 19.6 Å². The molecule has 0 saturated carbocycles. The Kier molecular flexibility index (Phi) is 3.22. The van der Waals surface area contributed by atoms with Gasteiger partial charge in [0.15, 0.2) is 5.78 Å². The van der Waals surface area contributed by atoms with Crippen molar-refractivity contribution in [3.05, 3.63) is 28.8 Å². The van der Waals surface area contributed by atoms with E-state index in [9.17, 15) is 4.79 Å². The zero-order valence-electron chi connectivity index (χ0n) is 9.29. The van der Waals surface area contributed by atoms with Crippen LogP contribution in [0.3, 0.4) is 0 Å². The summed E-state index contributed by atoms with van der Waals surface area (Å²) in [7, 11) is 1.57. The molecule has 0 unspecified atom stereocenters. The molecule has 1 aromatic rings. The van der Waals surface area contributed by atoms with Gasteiger partial charge in [-0.05, 0) is 23.7 Å². The zero-order valence-corrected chi connectivity index (χ0v) is 9.29. The molecular formula is C12H15NO3. The van der Waals surface area contributed by atoms with Crippen molar-refractivity contribution in [1.82, 2.24) is 0 Å². The van der Waals surface area contributed by atoms with Gasteiger partial charge in [-0.3, -0.25) is 4.79 Å². The summed E-state index contributed by atoms with van der Waals surface area (Å²) in [4.78, 5) is 12.0. The fourth-order valence-corrected chi connectivity index (χ4v) is 1.96. The highest BCUT2D eigenvalue weighted by molar-refractivity contribution is 6.00. The maximum absolute atomic E-state index is 12.0. The minimum absolute atomic E-state index is 0.0294. The topological polar surface area (TPSA) is 61.5 Å². The van der Waals surface area contributed by atoms with E-state index in [0.29, 0.717) is 37.5 Å². The van der Waals surface area contributed by atoms with Gasteiger partial charge in [0, 0.05) is 6.42 Å². The second kappa shape index (κ2) is 4.63. The molecule has 0 spiro atoms. The van der Waals surface area contributed by atoms with Gasteiger partial charge in [0.2, 0.25) is 0 Å². The van der Waals surface area contributed by atoms with Crippen molar-refractivity contribution >= 4 is 5.78 Å². The first kappa shape index (κ1) is 11.1. The highest BCUT2D eigenvalue weighted by atomic mass is 16.5. The van der Waals surface area contributed by atoms with Gasteiger partial charge in [-0.1, -0.05) is 6.07 Å². The number of carbonyl (C=O) groups is 1. The van der Waals surface area contributed by atoms with E-state index in [4.69, 9.17) is 15.2 Å². The molecule has 0 atom stereocenters. The number of ketones is 1. The van der Waals surface area contributed by atoms with Crippen molar-refractivity contribution in [3.8, 4) is 5.75 Å². The van der Waals surface area contributed by atoms with E-state index in [1.165, 1.54) is 0 Å². The number of fused-ring (bicyclic) bond motifs is 1. The Morgan fingerprint density at radius 1 is 1.50 bits per heavy atom. The predicted molar refractivity (Wildman–Crippen MR) is 59.5 cm³/mol.